The molecule has 1 fully saturated rings. The van der Waals surface area contributed by atoms with Gasteiger partial charge in [0.25, 0.3) is 0 Å². The molecule has 70 valence electrons. The van der Waals surface area contributed by atoms with Crippen LogP contribution in [0.1, 0.15) is 17.9 Å². The van der Waals surface area contributed by atoms with E-state index in [2.05, 4.69) is 5.10 Å². The molecule has 0 radical (unpaired) electrons. The first kappa shape index (κ1) is 11.8. The maximum atomic E-state index is 5.67. The van der Waals surface area contributed by atoms with Gasteiger partial charge in [-0.3, -0.25) is 4.68 Å². The lowest BCUT2D eigenvalue weighted by Crippen LogP contribution is -2.00. The lowest BCUT2D eigenvalue weighted by molar-refractivity contribution is 0.766. The number of nitrogens with two attached hydrogens (primary N) is 1. The van der Waals surface area contributed by atoms with Crippen LogP contribution in [0.2, 0.25) is 0 Å². The van der Waals surface area contributed by atoms with Gasteiger partial charge in [-0.2, -0.15) is 5.10 Å². The molecule has 0 unspecified atom stereocenters. The van der Waals surface area contributed by atoms with Gasteiger partial charge >= 0.3 is 0 Å². The molecule has 3 nitrogen and oxygen atoms in total. The fourth-order valence-corrected chi connectivity index (χ4v) is 1.23. The Morgan fingerprint density at radius 1 is 1.58 bits per heavy atom. The lowest BCUT2D eigenvalue weighted by Gasteiger charge is -1.86. The summed E-state index contributed by atoms with van der Waals surface area (Å²) < 4.78 is 1.82. The van der Waals surface area contributed by atoms with Gasteiger partial charge in [-0.15, -0.1) is 24.8 Å². The molecule has 0 saturated heterocycles. The predicted octanol–water partition coefficient (Wildman–Crippen LogP) is 1.08. The summed E-state index contributed by atoms with van der Waals surface area (Å²) in [6.45, 7) is 0. The molecule has 0 aromatic carbocycles. The van der Waals surface area contributed by atoms with Crippen molar-refractivity contribution in [2.24, 2.45) is 12.8 Å². The van der Waals surface area contributed by atoms with E-state index in [-0.39, 0.29) is 24.8 Å². The molecular formula is C7H13Cl2N3. The third-order valence-electron chi connectivity index (χ3n) is 1.99. The zero-order valence-corrected chi connectivity index (χ0v) is 8.44. The summed E-state index contributed by atoms with van der Waals surface area (Å²) in [5, 5.41) is 4.07. The molecule has 1 aromatic rings. The van der Waals surface area contributed by atoms with Crippen LogP contribution in [-0.4, -0.2) is 15.8 Å². The summed E-state index contributed by atoms with van der Waals surface area (Å²) in [6.07, 6.45) is 5.07. The highest BCUT2D eigenvalue weighted by atomic mass is 35.5. The smallest absolute Gasteiger partial charge is 0.0525 e. The van der Waals surface area contributed by atoms with Gasteiger partial charge in [-0.25, -0.2) is 0 Å². The summed E-state index contributed by atoms with van der Waals surface area (Å²) >= 11 is 0. The molecule has 1 aromatic heterocycles. The first-order chi connectivity index (χ1) is 4.77. The minimum atomic E-state index is 0. The summed E-state index contributed by atoms with van der Waals surface area (Å²) in [7, 11) is 1.93. The molecule has 0 aliphatic heterocycles. The molecule has 0 bridgehead atoms. The summed E-state index contributed by atoms with van der Waals surface area (Å²) in [5.41, 5.74) is 6.96. The Labute approximate surface area is 84.1 Å². The Morgan fingerprint density at radius 3 is 2.50 bits per heavy atom. The molecular weight excluding hydrogens is 197 g/mol. The number of hydrogen-bond donors (Lipinski definition) is 1. The average molecular weight is 210 g/mol. The molecule has 1 aliphatic rings. The summed E-state index contributed by atoms with van der Waals surface area (Å²) in [4.78, 5) is 0. The van der Waals surface area contributed by atoms with Crippen molar-refractivity contribution >= 4 is 24.8 Å². The van der Waals surface area contributed by atoms with Crippen LogP contribution in [0.5, 0.6) is 0 Å². The third kappa shape index (κ3) is 2.12. The second-order valence-corrected chi connectivity index (χ2v) is 2.95. The van der Waals surface area contributed by atoms with Crippen molar-refractivity contribution in [3.63, 3.8) is 0 Å². The van der Waals surface area contributed by atoms with Crippen LogP contribution in [0.25, 0.3) is 0 Å². The van der Waals surface area contributed by atoms with Crippen molar-refractivity contribution in [3.05, 3.63) is 18.0 Å². The SMILES string of the molecule is Cl.Cl.Cn1cc([C@@H]2C[C@H]2N)cn1. The van der Waals surface area contributed by atoms with Crippen molar-refractivity contribution < 1.29 is 0 Å². The minimum Gasteiger partial charge on any atom is -0.327 e. The lowest BCUT2D eigenvalue weighted by atomic mass is 10.2. The molecule has 1 aliphatic carbocycles. The highest BCUT2D eigenvalue weighted by molar-refractivity contribution is 5.85. The van der Waals surface area contributed by atoms with Gasteiger partial charge in [0.2, 0.25) is 0 Å². The minimum absolute atomic E-state index is 0. The fourth-order valence-electron chi connectivity index (χ4n) is 1.23. The first-order valence-corrected chi connectivity index (χ1v) is 3.51. The normalized spacial score (nSPS) is 25.5. The van der Waals surface area contributed by atoms with Crippen LogP contribution in [0.15, 0.2) is 12.4 Å². The number of nitrogens with zero attached hydrogens (tertiary/aromatic N) is 2. The average Bonchev–Trinajstić information content (AvgIpc) is 2.42. The molecule has 5 heteroatoms. The van der Waals surface area contributed by atoms with E-state index in [1.807, 2.05) is 24.1 Å². The van der Waals surface area contributed by atoms with Crippen molar-refractivity contribution in [3.8, 4) is 0 Å². The monoisotopic (exact) mass is 209 g/mol. The van der Waals surface area contributed by atoms with Crippen molar-refractivity contribution in [2.45, 2.75) is 18.4 Å². The molecule has 2 N–H and O–H groups in total. The fraction of sp³-hybridized carbons (Fsp3) is 0.571. The number of halogens is 2. The zero-order valence-electron chi connectivity index (χ0n) is 6.80. The van der Waals surface area contributed by atoms with Crippen LogP contribution in [0.4, 0.5) is 0 Å². The van der Waals surface area contributed by atoms with Gasteiger partial charge in [-0.1, -0.05) is 0 Å². The Bertz CT molecular complexity index is 249. The van der Waals surface area contributed by atoms with Crippen LogP contribution in [-0.2, 0) is 7.05 Å². The van der Waals surface area contributed by atoms with Crippen LogP contribution < -0.4 is 5.73 Å². The van der Waals surface area contributed by atoms with Crippen molar-refractivity contribution in [2.75, 3.05) is 0 Å². The van der Waals surface area contributed by atoms with Crippen LogP contribution in [0, 0.1) is 0 Å². The van der Waals surface area contributed by atoms with E-state index in [1.54, 1.807) is 0 Å². The molecule has 12 heavy (non-hydrogen) atoms. The molecule has 0 amide bonds. The number of rotatable bonds is 1. The highest BCUT2D eigenvalue weighted by Crippen LogP contribution is 2.38. The molecule has 1 saturated carbocycles. The van der Waals surface area contributed by atoms with Crippen LogP contribution in [0.3, 0.4) is 0 Å². The quantitative estimate of drug-likeness (QED) is 0.753. The Balaban J connectivity index is 0.000000605. The Morgan fingerprint density at radius 2 is 2.17 bits per heavy atom. The van der Waals surface area contributed by atoms with Gasteiger partial charge in [0.05, 0.1) is 6.20 Å². The number of aryl methyl sites for hydroxylation is 1. The van der Waals surface area contributed by atoms with Gasteiger partial charge in [0.15, 0.2) is 0 Å². The van der Waals surface area contributed by atoms with Gasteiger partial charge in [-0.05, 0) is 12.0 Å². The maximum absolute atomic E-state index is 5.67. The standard InChI is InChI=1S/C7H11N3.2ClH/c1-10-4-5(3-9-10)6-2-7(6)8;;/h3-4,6-7H,2,8H2,1H3;2*1H/t6-,7+;;/m0../s1. The van der Waals surface area contributed by atoms with Crippen molar-refractivity contribution in [1.82, 2.24) is 9.78 Å². The van der Waals surface area contributed by atoms with Crippen LogP contribution >= 0.6 is 24.8 Å². The largest absolute Gasteiger partial charge is 0.327 e. The third-order valence-corrected chi connectivity index (χ3v) is 1.99. The number of hydrogen-bond acceptors (Lipinski definition) is 2. The Hall–Kier alpha value is -0.250. The molecule has 1 heterocycles. The molecule has 2 atom stereocenters. The zero-order chi connectivity index (χ0) is 7.14. The van der Waals surface area contributed by atoms with Gasteiger partial charge < -0.3 is 5.73 Å². The number of aromatic nitrogens is 2. The maximum Gasteiger partial charge on any atom is 0.0525 e. The predicted molar refractivity (Wildman–Crippen MR) is 53.0 cm³/mol. The second-order valence-electron chi connectivity index (χ2n) is 2.95. The van der Waals surface area contributed by atoms with E-state index in [0.29, 0.717) is 12.0 Å². The highest BCUT2D eigenvalue weighted by Gasteiger charge is 2.35. The second kappa shape index (κ2) is 4.12. The van der Waals surface area contributed by atoms with E-state index < -0.39 is 0 Å². The molecule has 2 rings (SSSR count). The Kier molecular flexibility index (Phi) is 4.03. The molecule has 0 spiro atoms. The van der Waals surface area contributed by atoms with E-state index in [9.17, 15) is 0 Å². The van der Waals surface area contributed by atoms with Crippen molar-refractivity contribution in [1.29, 1.82) is 0 Å². The van der Waals surface area contributed by atoms with Gasteiger partial charge in [0, 0.05) is 25.2 Å². The topological polar surface area (TPSA) is 43.8 Å². The van der Waals surface area contributed by atoms with E-state index in [4.69, 9.17) is 5.73 Å². The van der Waals surface area contributed by atoms with Gasteiger partial charge in [0.1, 0.15) is 0 Å². The van der Waals surface area contributed by atoms with E-state index in [1.165, 1.54) is 5.56 Å². The van der Waals surface area contributed by atoms with E-state index in [0.717, 1.165) is 6.42 Å². The first-order valence-electron chi connectivity index (χ1n) is 3.51. The van der Waals surface area contributed by atoms with E-state index >= 15 is 0 Å². The summed E-state index contributed by atoms with van der Waals surface area (Å²) in [6, 6.07) is 0.393. The summed E-state index contributed by atoms with van der Waals surface area (Å²) in [5.74, 6) is 0.591.